The lowest BCUT2D eigenvalue weighted by Crippen LogP contribution is -2.21. The van der Waals surface area contributed by atoms with Gasteiger partial charge in [0, 0.05) is 4.88 Å². The Balaban J connectivity index is 2.35. The van der Waals surface area contributed by atoms with Crippen molar-refractivity contribution in [1.29, 1.82) is 0 Å². The number of benzene rings is 1. The Morgan fingerprint density at radius 1 is 1.19 bits per heavy atom. The maximum absolute atomic E-state index is 10.5. The fourth-order valence-corrected chi connectivity index (χ4v) is 2.42. The van der Waals surface area contributed by atoms with Gasteiger partial charge < -0.3 is 9.84 Å². The van der Waals surface area contributed by atoms with Gasteiger partial charge in [-0.15, -0.1) is 11.3 Å². The monoisotopic (exact) mass is 234 g/mol. The van der Waals surface area contributed by atoms with Crippen molar-refractivity contribution >= 4 is 11.3 Å². The molecule has 0 amide bonds. The number of methoxy groups -OCH3 is 1. The largest absolute Gasteiger partial charge is 0.497 e. The van der Waals surface area contributed by atoms with E-state index in [1.54, 1.807) is 25.4 Å². The van der Waals surface area contributed by atoms with Crippen LogP contribution in [0.3, 0.4) is 0 Å². The Bertz CT molecular complexity index is 443. The second kappa shape index (κ2) is 4.28. The van der Waals surface area contributed by atoms with Crippen LogP contribution in [0.2, 0.25) is 0 Å². The van der Waals surface area contributed by atoms with E-state index >= 15 is 0 Å². The van der Waals surface area contributed by atoms with Gasteiger partial charge in [0.1, 0.15) is 11.4 Å². The van der Waals surface area contributed by atoms with E-state index in [4.69, 9.17) is 4.74 Å². The quantitative estimate of drug-likeness (QED) is 0.884. The van der Waals surface area contributed by atoms with Crippen molar-refractivity contribution in [2.24, 2.45) is 0 Å². The van der Waals surface area contributed by atoms with Gasteiger partial charge >= 0.3 is 0 Å². The standard InChI is InChI=1S/C13H14O2S/c1-13(14,12-4-3-9-16-12)10-5-7-11(15-2)8-6-10/h3-9,14H,1-2H3. The summed E-state index contributed by atoms with van der Waals surface area (Å²) < 4.78 is 5.09. The van der Waals surface area contributed by atoms with Gasteiger partial charge in [-0.25, -0.2) is 0 Å². The van der Waals surface area contributed by atoms with E-state index in [0.29, 0.717) is 0 Å². The maximum Gasteiger partial charge on any atom is 0.121 e. The molecule has 2 aromatic rings. The molecule has 0 spiro atoms. The van der Waals surface area contributed by atoms with Crippen LogP contribution in [0.15, 0.2) is 41.8 Å². The van der Waals surface area contributed by atoms with Gasteiger partial charge in [0.15, 0.2) is 0 Å². The molecule has 0 aliphatic rings. The van der Waals surface area contributed by atoms with Crippen molar-refractivity contribution in [1.82, 2.24) is 0 Å². The molecule has 0 aliphatic carbocycles. The minimum atomic E-state index is -0.930. The summed E-state index contributed by atoms with van der Waals surface area (Å²) in [6.07, 6.45) is 0. The van der Waals surface area contributed by atoms with Crippen LogP contribution in [0, 0.1) is 0 Å². The molecule has 2 nitrogen and oxygen atoms in total. The molecule has 0 aliphatic heterocycles. The molecular formula is C13H14O2S. The van der Waals surface area contributed by atoms with E-state index in [1.807, 2.05) is 41.8 Å². The highest BCUT2D eigenvalue weighted by molar-refractivity contribution is 7.10. The topological polar surface area (TPSA) is 29.5 Å². The first-order valence-electron chi connectivity index (χ1n) is 5.05. The molecule has 0 saturated heterocycles. The fourth-order valence-electron chi connectivity index (χ4n) is 1.61. The SMILES string of the molecule is COc1ccc(C(C)(O)c2cccs2)cc1. The normalized spacial score (nSPS) is 14.4. The summed E-state index contributed by atoms with van der Waals surface area (Å²) in [6, 6.07) is 11.4. The summed E-state index contributed by atoms with van der Waals surface area (Å²) >= 11 is 1.55. The first-order valence-corrected chi connectivity index (χ1v) is 5.93. The average Bonchev–Trinajstić information content (AvgIpc) is 2.83. The van der Waals surface area contributed by atoms with Crippen LogP contribution in [0.1, 0.15) is 17.4 Å². The molecule has 0 fully saturated rings. The van der Waals surface area contributed by atoms with Gasteiger partial charge in [-0.3, -0.25) is 0 Å². The van der Waals surface area contributed by atoms with Crippen LogP contribution in [-0.2, 0) is 5.60 Å². The summed E-state index contributed by atoms with van der Waals surface area (Å²) in [5, 5.41) is 12.4. The Morgan fingerprint density at radius 2 is 1.88 bits per heavy atom. The van der Waals surface area contributed by atoms with Crippen molar-refractivity contribution < 1.29 is 9.84 Å². The Kier molecular flexibility index (Phi) is 2.99. The van der Waals surface area contributed by atoms with E-state index in [1.165, 1.54) is 0 Å². The summed E-state index contributed by atoms with van der Waals surface area (Å²) in [5.41, 5.74) is -0.0591. The zero-order valence-corrected chi connectivity index (χ0v) is 10.1. The summed E-state index contributed by atoms with van der Waals surface area (Å²) in [7, 11) is 1.63. The molecule has 0 bridgehead atoms. The molecule has 1 heterocycles. The van der Waals surface area contributed by atoms with Crippen LogP contribution in [0.5, 0.6) is 5.75 Å². The van der Waals surface area contributed by atoms with Crippen molar-refractivity contribution in [2.45, 2.75) is 12.5 Å². The van der Waals surface area contributed by atoms with Crippen LogP contribution < -0.4 is 4.74 Å². The van der Waals surface area contributed by atoms with E-state index in [-0.39, 0.29) is 0 Å². The van der Waals surface area contributed by atoms with Crippen LogP contribution in [0.25, 0.3) is 0 Å². The molecule has 16 heavy (non-hydrogen) atoms. The van der Waals surface area contributed by atoms with Gasteiger partial charge in [0.2, 0.25) is 0 Å². The Hall–Kier alpha value is -1.32. The van der Waals surface area contributed by atoms with Gasteiger partial charge in [0.05, 0.1) is 7.11 Å². The minimum Gasteiger partial charge on any atom is -0.497 e. The zero-order valence-electron chi connectivity index (χ0n) is 9.31. The Labute approximate surface area is 99.1 Å². The molecule has 1 atom stereocenters. The molecule has 1 N–H and O–H groups in total. The molecule has 1 unspecified atom stereocenters. The highest BCUT2D eigenvalue weighted by Gasteiger charge is 2.26. The van der Waals surface area contributed by atoms with Crippen LogP contribution in [0.4, 0.5) is 0 Å². The summed E-state index contributed by atoms with van der Waals surface area (Å²) in [5.74, 6) is 0.797. The molecule has 1 aromatic heterocycles. The van der Waals surface area contributed by atoms with Crippen molar-refractivity contribution in [3.63, 3.8) is 0 Å². The van der Waals surface area contributed by atoms with Crippen LogP contribution in [-0.4, -0.2) is 12.2 Å². The number of rotatable bonds is 3. The number of aliphatic hydroxyl groups is 1. The molecule has 0 saturated carbocycles. The zero-order chi connectivity index (χ0) is 11.6. The van der Waals surface area contributed by atoms with Crippen molar-refractivity contribution in [2.75, 3.05) is 7.11 Å². The smallest absolute Gasteiger partial charge is 0.121 e. The van der Waals surface area contributed by atoms with Gasteiger partial charge in [0.25, 0.3) is 0 Å². The second-order valence-electron chi connectivity index (χ2n) is 3.78. The molecule has 1 aromatic carbocycles. The highest BCUT2D eigenvalue weighted by Crippen LogP contribution is 2.32. The third kappa shape index (κ3) is 1.96. The minimum absolute atomic E-state index is 0.797. The predicted octanol–water partition coefficient (Wildman–Crippen LogP) is 3.01. The fraction of sp³-hybridized carbons (Fsp3) is 0.231. The van der Waals surface area contributed by atoms with E-state index in [0.717, 1.165) is 16.2 Å². The second-order valence-corrected chi connectivity index (χ2v) is 4.73. The van der Waals surface area contributed by atoms with Gasteiger partial charge in [-0.2, -0.15) is 0 Å². The number of hydrogen-bond acceptors (Lipinski definition) is 3. The lowest BCUT2D eigenvalue weighted by Gasteiger charge is -2.22. The number of hydrogen-bond donors (Lipinski definition) is 1. The molecule has 2 rings (SSSR count). The summed E-state index contributed by atoms with van der Waals surface area (Å²) in [4.78, 5) is 0.942. The molecular weight excluding hydrogens is 220 g/mol. The van der Waals surface area contributed by atoms with Gasteiger partial charge in [-0.1, -0.05) is 18.2 Å². The molecule has 3 heteroatoms. The van der Waals surface area contributed by atoms with Crippen molar-refractivity contribution in [3.05, 3.63) is 52.2 Å². The summed E-state index contributed by atoms with van der Waals surface area (Å²) in [6.45, 7) is 1.81. The van der Waals surface area contributed by atoms with Crippen LogP contribution >= 0.6 is 11.3 Å². The number of ether oxygens (including phenoxy) is 1. The predicted molar refractivity (Wildman–Crippen MR) is 66.0 cm³/mol. The first kappa shape index (κ1) is 11.2. The first-order chi connectivity index (χ1) is 7.64. The third-order valence-corrected chi connectivity index (χ3v) is 3.73. The van der Waals surface area contributed by atoms with E-state index < -0.39 is 5.60 Å². The average molecular weight is 234 g/mol. The van der Waals surface area contributed by atoms with E-state index in [2.05, 4.69) is 0 Å². The van der Waals surface area contributed by atoms with Gasteiger partial charge in [-0.05, 0) is 36.1 Å². The Morgan fingerprint density at radius 3 is 2.38 bits per heavy atom. The maximum atomic E-state index is 10.5. The lowest BCUT2D eigenvalue weighted by atomic mass is 9.94. The lowest BCUT2D eigenvalue weighted by molar-refractivity contribution is 0.106. The molecule has 0 radical (unpaired) electrons. The highest BCUT2D eigenvalue weighted by atomic mass is 32.1. The van der Waals surface area contributed by atoms with E-state index in [9.17, 15) is 5.11 Å². The number of thiophene rings is 1. The molecule has 84 valence electrons. The third-order valence-electron chi connectivity index (χ3n) is 2.65. The van der Waals surface area contributed by atoms with Crippen molar-refractivity contribution in [3.8, 4) is 5.75 Å².